The zero-order chi connectivity index (χ0) is 12.7. The molecular weight excluding hydrogens is 234 g/mol. The number of amides is 1. The van der Waals surface area contributed by atoms with Crippen molar-refractivity contribution in [3.05, 3.63) is 23.8 Å². The number of fused-ring (bicyclic) bond motifs is 1. The molecule has 0 bridgehead atoms. The highest BCUT2D eigenvalue weighted by molar-refractivity contribution is 5.96. The van der Waals surface area contributed by atoms with Crippen molar-refractivity contribution in [1.29, 1.82) is 0 Å². The molecule has 6 nitrogen and oxygen atoms in total. The Morgan fingerprint density at radius 1 is 1.56 bits per heavy atom. The van der Waals surface area contributed by atoms with E-state index in [1.807, 2.05) is 4.90 Å². The van der Waals surface area contributed by atoms with Crippen LogP contribution >= 0.6 is 0 Å². The van der Waals surface area contributed by atoms with Gasteiger partial charge in [-0.15, -0.1) is 0 Å². The minimum Gasteiger partial charge on any atom is -0.423 e. The molecule has 1 fully saturated rings. The number of oxazole rings is 1. The van der Waals surface area contributed by atoms with Crippen molar-refractivity contribution in [2.75, 3.05) is 18.0 Å². The smallest absolute Gasteiger partial charge is 0.298 e. The third kappa shape index (κ3) is 1.80. The summed E-state index contributed by atoms with van der Waals surface area (Å²) in [5.41, 5.74) is 6.82. The van der Waals surface area contributed by atoms with Gasteiger partial charge >= 0.3 is 0 Å². The molecule has 3 rings (SSSR count). The molecule has 1 amide bonds. The number of aliphatic hydroxyl groups excluding tert-OH is 1. The van der Waals surface area contributed by atoms with Gasteiger partial charge in [-0.1, -0.05) is 0 Å². The number of primary amides is 1. The van der Waals surface area contributed by atoms with Crippen LogP contribution in [-0.2, 0) is 0 Å². The first-order valence-electron chi connectivity index (χ1n) is 5.77. The Morgan fingerprint density at radius 2 is 2.39 bits per heavy atom. The first kappa shape index (κ1) is 11.0. The number of hydrogen-bond acceptors (Lipinski definition) is 5. The number of nitrogens with zero attached hydrogens (tertiary/aromatic N) is 2. The summed E-state index contributed by atoms with van der Waals surface area (Å²) in [6.45, 7) is 1.24. The summed E-state index contributed by atoms with van der Waals surface area (Å²) in [7, 11) is 0. The molecule has 1 saturated heterocycles. The van der Waals surface area contributed by atoms with Crippen molar-refractivity contribution in [2.24, 2.45) is 5.73 Å². The van der Waals surface area contributed by atoms with E-state index in [1.165, 1.54) is 0 Å². The topological polar surface area (TPSA) is 92.6 Å². The van der Waals surface area contributed by atoms with Gasteiger partial charge in [0.1, 0.15) is 5.52 Å². The molecule has 0 aliphatic carbocycles. The summed E-state index contributed by atoms with van der Waals surface area (Å²) in [6, 6.07) is 5.37. The number of carbonyl (C=O) groups is 1. The lowest BCUT2D eigenvalue weighted by Crippen LogP contribution is -2.21. The molecular formula is C12H13N3O3. The van der Waals surface area contributed by atoms with Crippen molar-refractivity contribution in [3.63, 3.8) is 0 Å². The summed E-state index contributed by atoms with van der Waals surface area (Å²) in [5.74, 6) is -0.488. The van der Waals surface area contributed by atoms with Crippen molar-refractivity contribution < 1.29 is 14.3 Å². The highest BCUT2D eigenvalue weighted by Gasteiger charge is 2.24. The van der Waals surface area contributed by atoms with Crippen LogP contribution in [0.15, 0.2) is 22.6 Å². The number of hydrogen-bond donors (Lipinski definition) is 2. The van der Waals surface area contributed by atoms with Crippen LogP contribution in [0, 0.1) is 0 Å². The van der Waals surface area contributed by atoms with E-state index < -0.39 is 5.91 Å². The normalized spacial score (nSPS) is 19.6. The van der Waals surface area contributed by atoms with Crippen LogP contribution in [0.25, 0.3) is 11.1 Å². The van der Waals surface area contributed by atoms with Crippen LogP contribution in [0.3, 0.4) is 0 Å². The summed E-state index contributed by atoms with van der Waals surface area (Å²) < 4.78 is 5.59. The zero-order valence-corrected chi connectivity index (χ0v) is 9.67. The number of aliphatic hydroxyl groups is 1. The second-order valence-corrected chi connectivity index (χ2v) is 4.43. The lowest BCUT2D eigenvalue weighted by molar-refractivity contribution is 0.100. The SMILES string of the molecule is NC(=O)c1ccc2oc(N3CC[C@H](O)C3)nc2c1. The fourth-order valence-electron chi connectivity index (χ4n) is 2.12. The maximum atomic E-state index is 11.1. The van der Waals surface area contributed by atoms with Crippen LogP contribution in [0.5, 0.6) is 0 Å². The van der Waals surface area contributed by atoms with Crippen LogP contribution in [0.1, 0.15) is 16.8 Å². The second kappa shape index (κ2) is 3.99. The van der Waals surface area contributed by atoms with Crippen molar-refractivity contribution >= 4 is 23.0 Å². The average molecular weight is 247 g/mol. The van der Waals surface area contributed by atoms with Crippen LogP contribution < -0.4 is 10.6 Å². The third-order valence-corrected chi connectivity index (χ3v) is 3.09. The largest absolute Gasteiger partial charge is 0.423 e. The predicted octanol–water partition coefficient (Wildman–Crippen LogP) is 0.498. The molecule has 1 atom stereocenters. The number of benzene rings is 1. The van der Waals surface area contributed by atoms with E-state index in [0.29, 0.717) is 35.6 Å². The Bertz CT molecular complexity index is 608. The molecule has 6 heteroatoms. The van der Waals surface area contributed by atoms with E-state index in [-0.39, 0.29) is 6.10 Å². The molecule has 0 radical (unpaired) electrons. The molecule has 0 spiro atoms. The van der Waals surface area contributed by atoms with Gasteiger partial charge in [-0.25, -0.2) is 0 Å². The molecule has 2 heterocycles. The molecule has 0 saturated carbocycles. The Morgan fingerprint density at radius 3 is 3.06 bits per heavy atom. The highest BCUT2D eigenvalue weighted by atomic mass is 16.4. The Labute approximate surface area is 103 Å². The van der Waals surface area contributed by atoms with Crippen molar-refractivity contribution in [1.82, 2.24) is 4.98 Å². The van der Waals surface area contributed by atoms with E-state index in [9.17, 15) is 9.90 Å². The van der Waals surface area contributed by atoms with Gasteiger partial charge in [0.25, 0.3) is 6.01 Å². The first-order valence-corrected chi connectivity index (χ1v) is 5.77. The maximum Gasteiger partial charge on any atom is 0.298 e. The molecule has 1 aliphatic rings. The third-order valence-electron chi connectivity index (χ3n) is 3.09. The Hall–Kier alpha value is -2.08. The summed E-state index contributed by atoms with van der Waals surface area (Å²) in [4.78, 5) is 17.3. The summed E-state index contributed by atoms with van der Waals surface area (Å²) >= 11 is 0. The van der Waals surface area contributed by atoms with E-state index in [2.05, 4.69) is 4.98 Å². The molecule has 1 aromatic heterocycles. The number of nitrogens with two attached hydrogens (primary N) is 1. The lowest BCUT2D eigenvalue weighted by atomic mass is 10.2. The lowest BCUT2D eigenvalue weighted by Gasteiger charge is -2.10. The molecule has 18 heavy (non-hydrogen) atoms. The van der Waals surface area contributed by atoms with Gasteiger partial charge in [-0.05, 0) is 24.6 Å². The molecule has 2 aromatic rings. The minimum absolute atomic E-state index is 0.332. The summed E-state index contributed by atoms with van der Waals surface area (Å²) in [5, 5.41) is 9.48. The standard InChI is InChI=1S/C12H13N3O3/c13-11(17)7-1-2-10-9(5-7)14-12(18-10)15-4-3-8(16)6-15/h1-2,5,8,16H,3-4,6H2,(H2,13,17)/t8-/m0/s1. The van der Waals surface area contributed by atoms with E-state index >= 15 is 0 Å². The van der Waals surface area contributed by atoms with Gasteiger partial charge in [0.05, 0.1) is 6.10 Å². The Kier molecular flexibility index (Phi) is 2.45. The van der Waals surface area contributed by atoms with Gasteiger partial charge in [-0.2, -0.15) is 4.98 Å². The summed E-state index contributed by atoms with van der Waals surface area (Å²) in [6.07, 6.45) is 0.381. The highest BCUT2D eigenvalue weighted by Crippen LogP contribution is 2.25. The van der Waals surface area contributed by atoms with Crippen LogP contribution in [0.2, 0.25) is 0 Å². The number of β-amino-alcohol motifs (C(OH)–C–C–N with tert-alkyl or cyclic N) is 1. The molecule has 0 unspecified atom stereocenters. The molecule has 3 N–H and O–H groups in total. The number of anilines is 1. The van der Waals surface area contributed by atoms with Crippen molar-refractivity contribution in [3.8, 4) is 0 Å². The van der Waals surface area contributed by atoms with Gasteiger partial charge in [-0.3, -0.25) is 4.79 Å². The van der Waals surface area contributed by atoms with E-state index in [0.717, 1.165) is 6.54 Å². The van der Waals surface area contributed by atoms with Crippen LogP contribution in [0.4, 0.5) is 6.01 Å². The fraction of sp³-hybridized carbons (Fsp3) is 0.333. The van der Waals surface area contributed by atoms with Crippen LogP contribution in [-0.4, -0.2) is 35.2 Å². The quantitative estimate of drug-likeness (QED) is 0.806. The number of carbonyl (C=O) groups excluding carboxylic acids is 1. The minimum atomic E-state index is -0.488. The number of rotatable bonds is 2. The Balaban J connectivity index is 1.98. The predicted molar refractivity (Wildman–Crippen MR) is 65.4 cm³/mol. The van der Waals surface area contributed by atoms with Gasteiger partial charge < -0.3 is 20.2 Å². The first-order chi connectivity index (χ1) is 8.63. The van der Waals surface area contributed by atoms with Crippen molar-refractivity contribution in [2.45, 2.75) is 12.5 Å². The van der Waals surface area contributed by atoms with E-state index in [4.69, 9.17) is 10.2 Å². The monoisotopic (exact) mass is 247 g/mol. The molecule has 94 valence electrons. The average Bonchev–Trinajstić information content (AvgIpc) is 2.93. The molecule has 1 aromatic carbocycles. The maximum absolute atomic E-state index is 11.1. The van der Waals surface area contributed by atoms with E-state index in [1.54, 1.807) is 18.2 Å². The zero-order valence-electron chi connectivity index (χ0n) is 9.67. The van der Waals surface area contributed by atoms with Gasteiger partial charge in [0.15, 0.2) is 5.58 Å². The van der Waals surface area contributed by atoms with Gasteiger partial charge in [0.2, 0.25) is 5.91 Å². The fourth-order valence-corrected chi connectivity index (χ4v) is 2.12. The van der Waals surface area contributed by atoms with Gasteiger partial charge in [0, 0.05) is 18.7 Å². The number of aromatic nitrogens is 1. The molecule has 1 aliphatic heterocycles. The second-order valence-electron chi connectivity index (χ2n) is 4.43.